The van der Waals surface area contributed by atoms with Gasteiger partial charge in [-0.1, -0.05) is 6.92 Å². The first-order valence-corrected chi connectivity index (χ1v) is 6.73. The molecule has 1 N–H and O–H groups in total. The predicted octanol–water partition coefficient (Wildman–Crippen LogP) is 2.41. The molecule has 0 bridgehead atoms. The summed E-state index contributed by atoms with van der Waals surface area (Å²) >= 11 is 0. The van der Waals surface area contributed by atoms with Gasteiger partial charge in [0.25, 0.3) is 0 Å². The van der Waals surface area contributed by atoms with Crippen LogP contribution in [0.25, 0.3) is 0 Å². The Morgan fingerprint density at radius 3 is 2.72 bits per heavy atom. The fourth-order valence-electron chi connectivity index (χ4n) is 1.95. The Kier molecular flexibility index (Phi) is 5.82. The van der Waals surface area contributed by atoms with Gasteiger partial charge < -0.3 is 14.6 Å². The van der Waals surface area contributed by atoms with E-state index in [0.29, 0.717) is 12.6 Å². The molecule has 0 fully saturated rings. The number of imidazole rings is 1. The van der Waals surface area contributed by atoms with Gasteiger partial charge in [-0.2, -0.15) is 0 Å². The summed E-state index contributed by atoms with van der Waals surface area (Å²) in [6, 6.07) is 0.304. The van der Waals surface area contributed by atoms with E-state index in [1.807, 2.05) is 6.20 Å². The van der Waals surface area contributed by atoms with Crippen LogP contribution in [-0.4, -0.2) is 35.4 Å². The summed E-state index contributed by atoms with van der Waals surface area (Å²) in [6.07, 6.45) is 6.07. The maximum absolute atomic E-state index is 5.34. The molecule has 0 saturated carbocycles. The molecule has 0 spiro atoms. The third kappa shape index (κ3) is 4.78. The van der Waals surface area contributed by atoms with Crippen molar-refractivity contribution in [1.82, 2.24) is 14.9 Å². The molecule has 1 heterocycles. The van der Waals surface area contributed by atoms with Gasteiger partial charge in [0, 0.05) is 38.0 Å². The molecular weight excluding hydrogens is 226 g/mol. The molecule has 0 aliphatic carbocycles. The van der Waals surface area contributed by atoms with Gasteiger partial charge in [-0.25, -0.2) is 4.98 Å². The Morgan fingerprint density at radius 2 is 2.17 bits per heavy atom. The molecule has 1 atom stereocenters. The van der Waals surface area contributed by atoms with E-state index >= 15 is 0 Å². The van der Waals surface area contributed by atoms with E-state index in [-0.39, 0.29) is 5.54 Å². The van der Waals surface area contributed by atoms with Crippen molar-refractivity contribution in [2.75, 3.05) is 20.3 Å². The molecule has 0 aliphatic heterocycles. The fraction of sp³-hybridized carbons (Fsp3) is 0.786. The van der Waals surface area contributed by atoms with Crippen LogP contribution in [0.1, 0.15) is 46.0 Å². The van der Waals surface area contributed by atoms with Crippen LogP contribution < -0.4 is 5.32 Å². The van der Waals surface area contributed by atoms with Gasteiger partial charge in [-0.3, -0.25) is 0 Å². The van der Waals surface area contributed by atoms with Gasteiger partial charge in [0.2, 0.25) is 0 Å². The van der Waals surface area contributed by atoms with E-state index in [4.69, 9.17) is 4.74 Å². The number of methoxy groups -OCH3 is 1. The topological polar surface area (TPSA) is 39.1 Å². The molecule has 1 unspecified atom stereocenters. The Morgan fingerprint density at radius 1 is 1.44 bits per heavy atom. The highest BCUT2D eigenvalue weighted by Crippen LogP contribution is 2.13. The third-order valence-corrected chi connectivity index (χ3v) is 2.84. The Bertz CT molecular complexity index is 341. The molecule has 0 amide bonds. The van der Waals surface area contributed by atoms with Crippen molar-refractivity contribution in [3.05, 3.63) is 18.2 Å². The summed E-state index contributed by atoms with van der Waals surface area (Å²) in [4.78, 5) is 4.43. The van der Waals surface area contributed by atoms with Crippen LogP contribution in [0.3, 0.4) is 0 Å². The van der Waals surface area contributed by atoms with E-state index < -0.39 is 0 Å². The molecule has 104 valence electrons. The molecule has 18 heavy (non-hydrogen) atoms. The molecule has 0 aliphatic rings. The van der Waals surface area contributed by atoms with Gasteiger partial charge in [0.15, 0.2) is 0 Å². The van der Waals surface area contributed by atoms with Crippen LogP contribution in [0.4, 0.5) is 0 Å². The lowest BCUT2D eigenvalue weighted by atomic mass is 10.1. The number of nitrogens with one attached hydrogen (secondary N) is 1. The monoisotopic (exact) mass is 253 g/mol. The van der Waals surface area contributed by atoms with Crippen LogP contribution in [0.5, 0.6) is 0 Å². The third-order valence-electron chi connectivity index (χ3n) is 2.84. The van der Waals surface area contributed by atoms with Crippen LogP contribution in [0.15, 0.2) is 12.4 Å². The van der Waals surface area contributed by atoms with E-state index in [0.717, 1.165) is 25.2 Å². The molecule has 0 radical (unpaired) electrons. The highest BCUT2D eigenvalue weighted by molar-refractivity contribution is 4.96. The quantitative estimate of drug-likeness (QED) is 0.811. The molecular formula is C14H27N3O. The summed E-state index contributed by atoms with van der Waals surface area (Å²) < 4.78 is 7.58. The molecule has 1 rings (SSSR count). The van der Waals surface area contributed by atoms with E-state index in [2.05, 4.69) is 48.8 Å². The normalized spacial score (nSPS) is 13.8. The summed E-state index contributed by atoms with van der Waals surface area (Å²) in [6.45, 7) is 10.3. The Hall–Kier alpha value is -0.870. The SMILES string of the molecule is CCCc1nccn1C(CNC(C)(C)C)COC. The molecule has 1 aromatic heterocycles. The molecule has 4 nitrogen and oxygen atoms in total. The lowest BCUT2D eigenvalue weighted by molar-refractivity contribution is 0.148. The maximum atomic E-state index is 5.34. The summed E-state index contributed by atoms with van der Waals surface area (Å²) in [5.41, 5.74) is 0.123. The van der Waals surface area contributed by atoms with Gasteiger partial charge in [0.1, 0.15) is 5.82 Å². The standard InChI is InChI=1S/C14H27N3O/c1-6-7-13-15-8-9-17(13)12(11-18-5)10-16-14(2,3)4/h8-9,12,16H,6-7,10-11H2,1-5H3. The number of nitrogens with zero attached hydrogens (tertiary/aromatic N) is 2. The van der Waals surface area contributed by atoms with Gasteiger partial charge in [-0.05, 0) is 27.2 Å². The number of ether oxygens (including phenoxy) is 1. The lowest BCUT2D eigenvalue weighted by Crippen LogP contribution is -2.41. The Labute approximate surface area is 111 Å². The number of hydrogen-bond donors (Lipinski definition) is 1. The maximum Gasteiger partial charge on any atom is 0.108 e. The molecule has 0 saturated heterocycles. The van der Waals surface area contributed by atoms with Crippen LogP contribution >= 0.6 is 0 Å². The Balaban J connectivity index is 2.73. The van der Waals surface area contributed by atoms with Gasteiger partial charge in [-0.15, -0.1) is 0 Å². The zero-order valence-electron chi connectivity index (χ0n) is 12.4. The minimum atomic E-state index is 0.123. The molecule has 1 aromatic rings. The average molecular weight is 253 g/mol. The van der Waals surface area contributed by atoms with Crippen LogP contribution in [0.2, 0.25) is 0 Å². The summed E-state index contributed by atoms with van der Waals surface area (Å²) in [5, 5.41) is 3.54. The van der Waals surface area contributed by atoms with Crippen LogP contribution in [0, 0.1) is 0 Å². The molecule has 4 heteroatoms. The van der Waals surface area contributed by atoms with Gasteiger partial charge >= 0.3 is 0 Å². The highest BCUT2D eigenvalue weighted by Gasteiger charge is 2.17. The second-order valence-electron chi connectivity index (χ2n) is 5.74. The van der Waals surface area contributed by atoms with Crippen LogP contribution in [-0.2, 0) is 11.2 Å². The van der Waals surface area contributed by atoms with Crippen molar-refractivity contribution in [3.63, 3.8) is 0 Å². The van der Waals surface area contributed by atoms with Gasteiger partial charge in [0.05, 0.1) is 12.6 Å². The van der Waals surface area contributed by atoms with Crippen molar-refractivity contribution in [2.24, 2.45) is 0 Å². The summed E-state index contributed by atoms with van der Waals surface area (Å²) in [7, 11) is 1.75. The van der Waals surface area contributed by atoms with E-state index in [1.165, 1.54) is 0 Å². The van der Waals surface area contributed by atoms with Crippen molar-refractivity contribution in [3.8, 4) is 0 Å². The van der Waals surface area contributed by atoms with E-state index in [1.54, 1.807) is 7.11 Å². The lowest BCUT2D eigenvalue weighted by Gasteiger charge is -2.26. The smallest absolute Gasteiger partial charge is 0.108 e. The zero-order chi connectivity index (χ0) is 13.6. The zero-order valence-corrected chi connectivity index (χ0v) is 12.4. The number of aromatic nitrogens is 2. The first-order chi connectivity index (χ1) is 8.48. The highest BCUT2D eigenvalue weighted by atomic mass is 16.5. The largest absolute Gasteiger partial charge is 0.382 e. The van der Waals surface area contributed by atoms with Crippen molar-refractivity contribution in [2.45, 2.75) is 52.1 Å². The predicted molar refractivity (Wildman–Crippen MR) is 74.9 cm³/mol. The summed E-state index contributed by atoms with van der Waals surface area (Å²) in [5.74, 6) is 1.15. The van der Waals surface area contributed by atoms with Crippen molar-refractivity contribution in [1.29, 1.82) is 0 Å². The first-order valence-electron chi connectivity index (χ1n) is 6.73. The number of aryl methyl sites for hydroxylation is 1. The second kappa shape index (κ2) is 6.90. The fourth-order valence-corrected chi connectivity index (χ4v) is 1.95. The van der Waals surface area contributed by atoms with Crippen molar-refractivity contribution >= 4 is 0 Å². The number of hydrogen-bond acceptors (Lipinski definition) is 3. The average Bonchev–Trinajstić information content (AvgIpc) is 2.72. The van der Waals surface area contributed by atoms with E-state index in [9.17, 15) is 0 Å². The van der Waals surface area contributed by atoms with Crippen molar-refractivity contribution < 1.29 is 4.74 Å². The molecule has 0 aromatic carbocycles. The minimum absolute atomic E-state index is 0.123. The number of rotatable bonds is 7. The minimum Gasteiger partial charge on any atom is -0.382 e. The first kappa shape index (κ1) is 15.2. The second-order valence-corrected chi connectivity index (χ2v) is 5.74.